The minimum Gasteiger partial charge on any atom is -0.468 e. The van der Waals surface area contributed by atoms with E-state index in [9.17, 15) is 13.2 Å². The lowest BCUT2D eigenvalue weighted by Gasteiger charge is -2.21. The molecule has 0 bridgehead atoms. The summed E-state index contributed by atoms with van der Waals surface area (Å²) in [6.07, 6.45) is 2.16. The molecule has 0 aliphatic carbocycles. The minimum atomic E-state index is -3.86. The Kier molecular flexibility index (Phi) is 7.07. The van der Waals surface area contributed by atoms with Gasteiger partial charge in [-0.3, -0.25) is 4.79 Å². The Morgan fingerprint density at radius 1 is 1.00 bits per heavy atom. The van der Waals surface area contributed by atoms with Crippen LogP contribution in [0.4, 0.5) is 0 Å². The molecule has 0 saturated carbocycles. The number of sulfonamides is 1. The Labute approximate surface area is 177 Å². The number of aryl methyl sites for hydroxylation is 2. The van der Waals surface area contributed by atoms with Crippen LogP contribution in [0.5, 0.6) is 0 Å². The molecule has 3 aromatic rings. The summed E-state index contributed by atoms with van der Waals surface area (Å²) < 4.78 is 32.7. The van der Waals surface area contributed by atoms with Crippen molar-refractivity contribution >= 4 is 15.9 Å². The van der Waals surface area contributed by atoms with Gasteiger partial charge in [-0.2, -0.15) is 4.31 Å². The van der Waals surface area contributed by atoms with Crippen molar-refractivity contribution in [3.63, 3.8) is 0 Å². The second-order valence-electron chi connectivity index (χ2n) is 7.19. The van der Waals surface area contributed by atoms with E-state index in [1.807, 2.05) is 38.1 Å². The maximum Gasteiger partial charge on any atom is 0.243 e. The molecule has 1 N–H and O–H groups in total. The van der Waals surface area contributed by atoms with Crippen LogP contribution in [0.25, 0.3) is 0 Å². The summed E-state index contributed by atoms with van der Waals surface area (Å²) in [5, 5.41) is 2.83. The molecule has 1 heterocycles. The second-order valence-corrected chi connectivity index (χ2v) is 9.13. The molecule has 3 rings (SSSR count). The number of benzene rings is 2. The number of carbonyl (C=O) groups is 1. The average Bonchev–Trinajstić information content (AvgIpc) is 3.22. The Morgan fingerprint density at radius 2 is 1.73 bits per heavy atom. The largest absolute Gasteiger partial charge is 0.468 e. The van der Waals surface area contributed by atoms with E-state index in [-0.39, 0.29) is 23.9 Å². The molecule has 0 radical (unpaired) electrons. The Hall–Kier alpha value is -2.90. The fraction of sp³-hybridized carbons (Fsp3) is 0.261. The monoisotopic (exact) mass is 426 g/mol. The van der Waals surface area contributed by atoms with Gasteiger partial charge in [-0.1, -0.05) is 42.0 Å². The van der Waals surface area contributed by atoms with Crippen LogP contribution in [0.15, 0.2) is 76.2 Å². The smallest absolute Gasteiger partial charge is 0.243 e. The van der Waals surface area contributed by atoms with E-state index in [2.05, 4.69) is 5.32 Å². The van der Waals surface area contributed by atoms with E-state index >= 15 is 0 Å². The Bertz CT molecular complexity index is 1070. The van der Waals surface area contributed by atoms with Crippen LogP contribution in [-0.2, 0) is 27.8 Å². The third-order valence-electron chi connectivity index (χ3n) is 4.87. The molecule has 0 aliphatic rings. The van der Waals surface area contributed by atoms with Crippen LogP contribution in [0.2, 0.25) is 0 Å². The molecule has 2 aromatic carbocycles. The zero-order valence-corrected chi connectivity index (χ0v) is 18.0. The summed E-state index contributed by atoms with van der Waals surface area (Å²) in [5.41, 5.74) is 3.27. The summed E-state index contributed by atoms with van der Waals surface area (Å²) >= 11 is 0. The molecular weight excluding hydrogens is 400 g/mol. The van der Waals surface area contributed by atoms with Crippen molar-refractivity contribution in [3.8, 4) is 0 Å². The van der Waals surface area contributed by atoms with Gasteiger partial charge >= 0.3 is 0 Å². The number of nitrogens with zero attached hydrogens (tertiary/aromatic N) is 1. The molecule has 1 amide bonds. The van der Waals surface area contributed by atoms with Crippen molar-refractivity contribution in [2.75, 3.05) is 13.1 Å². The van der Waals surface area contributed by atoms with E-state index in [0.29, 0.717) is 18.7 Å². The van der Waals surface area contributed by atoms with Crippen molar-refractivity contribution in [1.82, 2.24) is 9.62 Å². The van der Waals surface area contributed by atoms with Gasteiger partial charge in [-0.15, -0.1) is 0 Å². The van der Waals surface area contributed by atoms with E-state index in [4.69, 9.17) is 4.42 Å². The number of furan rings is 1. The SMILES string of the molecule is Cc1ccc(S(=O)(=O)N(CC(=O)NCCc2ccccc2C)Cc2ccco2)cc1. The van der Waals surface area contributed by atoms with Gasteiger partial charge in [0.25, 0.3) is 0 Å². The first-order chi connectivity index (χ1) is 14.4. The average molecular weight is 427 g/mol. The maximum atomic E-state index is 13.1. The molecule has 6 nitrogen and oxygen atoms in total. The van der Waals surface area contributed by atoms with Crippen molar-refractivity contribution in [2.45, 2.75) is 31.7 Å². The molecule has 0 unspecified atom stereocenters. The van der Waals surface area contributed by atoms with E-state index in [1.165, 1.54) is 6.26 Å². The quantitative estimate of drug-likeness (QED) is 0.568. The van der Waals surface area contributed by atoms with Crippen molar-refractivity contribution in [2.24, 2.45) is 0 Å². The number of hydrogen-bond donors (Lipinski definition) is 1. The molecule has 0 fully saturated rings. The van der Waals surface area contributed by atoms with Gasteiger partial charge in [0, 0.05) is 6.54 Å². The second kappa shape index (κ2) is 9.73. The highest BCUT2D eigenvalue weighted by molar-refractivity contribution is 7.89. The van der Waals surface area contributed by atoms with Gasteiger partial charge in [-0.25, -0.2) is 8.42 Å². The third kappa shape index (κ3) is 5.58. The van der Waals surface area contributed by atoms with Crippen LogP contribution >= 0.6 is 0 Å². The summed E-state index contributed by atoms with van der Waals surface area (Å²) in [5.74, 6) is 0.115. The molecule has 30 heavy (non-hydrogen) atoms. The predicted molar refractivity (Wildman–Crippen MR) is 115 cm³/mol. The fourth-order valence-corrected chi connectivity index (χ4v) is 4.47. The Morgan fingerprint density at radius 3 is 2.40 bits per heavy atom. The van der Waals surface area contributed by atoms with Crippen molar-refractivity contribution < 1.29 is 17.6 Å². The molecule has 0 atom stereocenters. The van der Waals surface area contributed by atoms with Gasteiger partial charge in [-0.05, 0) is 55.7 Å². The normalized spacial score (nSPS) is 11.6. The predicted octanol–water partition coefficient (Wildman–Crippen LogP) is 3.45. The summed E-state index contributed by atoms with van der Waals surface area (Å²) in [6.45, 7) is 4.04. The summed E-state index contributed by atoms with van der Waals surface area (Å²) in [7, 11) is -3.86. The molecule has 0 aliphatic heterocycles. The van der Waals surface area contributed by atoms with E-state index < -0.39 is 10.0 Å². The van der Waals surface area contributed by atoms with Crippen molar-refractivity contribution in [1.29, 1.82) is 0 Å². The lowest BCUT2D eigenvalue weighted by molar-refractivity contribution is -0.121. The Balaban J connectivity index is 1.70. The molecule has 0 saturated heterocycles. The van der Waals surface area contributed by atoms with Gasteiger partial charge in [0.05, 0.1) is 24.2 Å². The van der Waals surface area contributed by atoms with Crippen molar-refractivity contribution in [3.05, 3.63) is 89.4 Å². The number of amides is 1. The van der Waals surface area contributed by atoms with Gasteiger partial charge < -0.3 is 9.73 Å². The molecule has 158 valence electrons. The van der Waals surface area contributed by atoms with E-state index in [0.717, 1.165) is 21.0 Å². The highest BCUT2D eigenvalue weighted by Gasteiger charge is 2.27. The highest BCUT2D eigenvalue weighted by atomic mass is 32.2. The van der Waals surface area contributed by atoms with Crippen LogP contribution in [0.3, 0.4) is 0 Å². The van der Waals surface area contributed by atoms with Crippen LogP contribution in [0, 0.1) is 13.8 Å². The first-order valence-electron chi connectivity index (χ1n) is 9.76. The van der Waals surface area contributed by atoms with Crippen LogP contribution < -0.4 is 5.32 Å². The first-order valence-corrected chi connectivity index (χ1v) is 11.2. The zero-order valence-electron chi connectivity index (χ0n) is 17.2. The molecule has 7 heteroatoms. The maximum absolute atomic E-state index is 13.1. The standard InChI is InChI=1S/C23H26N2O4S/c1-18-9-11-22(12-10-18)30(27,28)25(16-21-8-5-15-29-21)17-23(26)24-14-13-20-7-4-3-6-19(20)2/h3-12,15H,13-14,16-17H2,1-2H3,(H,24,26). The first kappa shape index (κ1) is 21.8. The number of hydrogen-bond acceptors (Lipinski definition) is 4. The molecule has 1 aromatic heterocycles. The number of rotatable bonds is 9. The van der Waals surface area contributed by atoms with Gasteiger partial charge in [0.2, 0.25) is 15.9 Å². The van der Waals surface area contributed by atoms with Gasteiger partial charge in [0.15, 0.2) is 0 Å². The topological polar surface area (TPSA) is 79.6 Å². The minimum absolute atomic E-state index is 0.0194. The lowest BCUT2D eigenvalue weighted by Crippen LogP contribution is -2.40. The molecule has 0 spiro atoms. The molecular formula is C23H26N2O4S. The zero-order chi connectivity index (χ0) is 21.6. The summed E-state index contributed by atoms with van der Waals surface area (Å²) in [4.78, 5) is 12.7. The van der Waals surface area contributed by atoms with Crippen LogP contribution in [0.1, 0.15) is 22.5 Å². The van der Waals surface area contributed by atoms with Gasteiger partial charge in [0.1, 0.15) is 5.76 Å². The highest BCUT2D eigenvalue weighted by Crippen LogP contribution is 2.19. The van der Waals surface area contributed by atoms with Crippen LogP contribution in [-0.4, -0.2) is 31.7 Å². The fourth-order valence-electron chi connectivity index (χ4n) is 3.10. The summed E-state index contributed by atoms with van der Waals surface area (Å²) in [6, 6.07) is 17.9. The third-order valence-corrected chi connectivity index (χ3v) is 6.67. The number of carbonyl (C=O) groups excluding carboxylic acids is 1. The number of nitrogens with one attached hydrogen (secondary N) is 1. The van der Waals surface area contributed by atoms with E-state index in [1.54, 1.807) is 36.4 Å². The lowest BCUT2D eigenvalue weighted by atomic mass is 10.1.